The molecule has 0 spiro atoms. The summed E-state index contributed by atoms with van der Waals surface area (Å²) in [5.74, 6) is -0.0280. The van der Waals surface area contributed by atoms with Crippen LogP contribution in [-0.2, 0) is 4.74 Å². The summed E-state index contributed by atoms with van der Waals surface area (Å²) in [6, 6.07) is 11.1. The van der Waals surface area contributed by atoms with Gasteiger partial charge in [0, 0.05) is 25.6 Å². The molecule has 0 aliphatic carbocycles. The van der Waals surface area contributed by atoms with E-state index in [1.807, 2.05) is 30.3 Å². The molecule has 2 aromatic rings. The summed E-state index contributed by atoms with van der Waals surface area (Å²) in [6.07, 6.45) is 1.92. The Balaban J connectivity index is 1.87. The number of methoxy groups -OCH3 is 1. The monoisotopic (exact) mass is 285 g/mol. The van der Waals surface area contributed by atoms with Crippen LogP contribution in [0.25, 0.3) is 10.8 Å². The second-order valence-electron chi connectivity index (χ2n) is 5.41. The number of ether oxygens (including phenoxy) is 1. The molecule has 1 fully saturated rings. The van der Waals surface area contributed by atoms with Crippen molar-refractivity contribution in [1.82, 2.24) is 4.90 Å². The predicted molar refractivity (Wildman–Crippen MR) is 81.5 cm³/mol. The van der Waals surface area contributed by atoms with Crippen LogP contribution in [-0.4, -0.2) is 42.2 Å². The molecule has 1 heterocycles. The first-order valence-electron chi connectivity index (χ1n) is 7.23. The average molecular weight is 285 g/mol. The summed E-state index contributed by atoms with van der Waals surface area (Å²) in [5, 5.41) is 12.0. The number of piperidine rings is 1. The van der Waals surface area contributed by atoms with Crippen molar-refractivity contribution in [2.45, 2.75) is 18.9 Å². The van der Waals surface area contributed by atoms with E-state index < -0.39 is 0 Å². The highest BCUT2D eigenvalue weighted by Gasteiger charge is 2.25. The van der Waals surface area contributed by atoms with Crippen molar-refractivity contribution in [2.75, 3.05) is 20.2 Å². The molecule has 21 heavy (non-hydrogen) atoms. The third-order valence-electron chi connectivity index (χ3n) is 4.19. The lowest BCUT2D eigenvalue weighted by atomic mass is 10.0. The minimum absolute atomic E-state index is 0.0759. The molecule has 4 heteroatoms. The number of fused-ring (bicyclic) bond motifs is 1. The Hall–Kier alpha value is -2.07. The van der Waals surface area contributed by atoms with Gasteiger partial charge in [-0.2, -0.15) is 0 Å². The normalized spacial score (nSPS) is 16.3. The van der Waals surface area contributed by atoms with E-state index in [0.29, 0.717) is 18.7 Å². The second-order valence-corrected chi connectivity index (χ2v) is 5.41. The SMILES string of the molecule is COC1CCN(C(=O)c2ccc3ccccc3c2O)CC1. The number of phenols is 1. The summed E-state index contributed by atoms with van der Waals surface area (Å²) in [4.78, 5) is 14.4. The van der Waals surface area contributed by atoms with Gasteiger partial charge in [0.1, 0.15) is 5.75 Å². The number of nitrogens with zero attached hydrogens (tertiary/aromatic N) is 1. The summed E-state index contributed by atoms with van der Waals surface area (Å²) >= 11 is 0. The van der Waals surface area contributed by atoms with Gasteiger partial charge in [-0.3, -0.25) is 4.79 Å². The lowest BCUT2D eigenvalue weighted by Crippen LogP contribution is -2.40. The highest BCUT2D eigenvalue weighted by atomic mass is 16.5. The van der Waals surface area contributed by atoms with Crippen LogP contribution in [0.5, 0.6) is 5.75 Å². The highest BCUT2D eigenvalue weighted by molar-refractivity contribution is 6.03. The third-order valence-corrected chi connectivity index (χ3v) is 4.19. The van der Waals surface area contributed by atoms with Gasteiger partial charge in [0.2, 0.25) is 0 Å². The Kier molecular flexibility index (Phi) is 3.80. The number of rotatable bonds is 2. The topological polar surface area (TPSA) is 49.8 Å². The van der Waals surface area contributed by atoms with E-state index in [1.165, 1.54) is 0 Å². The number of carbonyl (C=O) groups excluding carboxylic acids is 1. The quantitative estimate of drug-likeness (QED) is 0.923. The highest BCUT2D eigenvalue weighted by Crippen LogP contribution is 2.30. The van der Waals surface area contributed by atoms with Crippen LogP contribution in [0.4, 0.5) is 0 Å². The molecule has 1 saturated heterocycles. The number of hydrogen-bond donors (Lipinski definition) is 1. The van der Waals surface area contributed by atoms with E-state index in [0.717, 1.165) is 23.6 Å². The van der Waals surface area contributed by atoms with Crippen molar-refractivity contribution in [3.8, 4) is 5.75 Å². The fraction of sp³-hybridized carbons (Fsp3) is 0.353. The Bertz CT molecular complexity index is 660. The predicted octanol–water partition coefficient (Wildman–Crippen LogP) is 2.80. The van der Waals surface area contributed by atoms with Crippen molar-refractivity contribution in [2.24, 2.45) is 0 Å². The van der Waals surface area contributed by atoms with Crippen LogP contribution >= 0.6 is 0 Å². The summed E-state index contributed by atoms with van der Waals surface area (Å²) in [5.41, 5.74) is 0.379. The number of phenolic OH excluding ortho intramolecular Hbond substituents is 1. The van der Waals surface area contributed by atoms with Crippen molar-refractivity contribution < 1.29 is 14.6 Å². The van der Waals surface area contributed by atoms with Crippen molar-refractivity contribution in [1.29, 1.82) is 0 Å². The van der Waals surface area contributed by atoms with Crippen molar-refractivity contribution in [3.05, 3.63) is 42.0 Å². The van der Waals surface area contributed by atoms with Gasteiger partial charge in [-0.1, -0.05) is 30.3 Å². The number of amides is 1. The standard InChI is InChI=1S/C17H19NO3/c1-21-13-8-10-18(11-9-13)17(20)15-7-6-12-4-2-3-5-14(12)16(15)19/h2-7,13,19H,8-11H2,1H3. The number of benzene rings is 2. The Morgan fingerprint density at radius 1 is 1.19 bits per heavy atom. The first-order valence-corrected chi connectivity index (χ1v) is 7.23. The van der Waals surface area contributed by atoms with Crippen LogP contribution in [0.15, 0.2) is 36.4 Å². The molecule has 1 N–H and O–H groups in total. The molecule has 1 amide bonds. The molecule has 0 atom stereocenters. The van der Waals surface area contributed by atoms with Crippen LogP contribution in [0.3, 0.4) is 0 Å². The zero-order chi connectivity index (χ0) is 14.8. The molecule has 1 aliphatic heterocycles. The van der Waals surface area contributed by atoms with E-state index in [1.54, 1.807) is 18.1 Å². The summed E-state index contributed by atoms with van der Waals surface area (Å²) in [6.45, 7) is 1.34. The zero-order valence-electron chi connectivity index (χ0n) is 12.1. The van der Waals surface area contributed by atoms with Gasteiger partial charge in [-0.05, 0) is 24.3 Å². The van der Waals surface area contributed by atoms with Gasteiger partial charge in [-0.25, -0.2) is 0 Å². The molecular weight excluding hydrogens is 266 g/mol. The largest absolute Gasteiger partial charge is 0.506 e. The second kappa shape index (κ2) is 5.74. The van der Waals surface area contributed by atoms with Crippen molar-refractivity contribution in [3.63, 3.8) is 0 Å². The Morgan fingerprint density at radius 2 is 1.90 bits per heavy atom. The molecule has 0 radical (unpaired) electrons. The maximum Gasteiger partial charge on any atom is 0.257 e. The Labute approximate surface area is 123 Å². The van der Waals surface area contributed by atoms with Crippen LogP contribution in [0.2, 0.25) is 0 Å². The maximum absolute atomic E-state index is 12.6. The molecule has 3 rings (SSSR count). The fourth-order valence-corrected chi connectivity index (χ4v) is 2.89. The van der Waals surface area contributed by atoms with Gasteiger partial charge in [0.05, 0.1) is 11.7 Å². The lowest BCUT2D eigenvalue weighted by Gasteiger charge is -2.31. The molecule has 4 nitrogen and oxygen atoms in total. The van der Waals surface area contributed by atoms with Crippen LogP contribution < -0.4 is 0 Å². The first-order chi connectivity index (χ1) is 10.2. The van der Waals surface area contributed by atoms with E-state index in [9.17, 15) is 9.90 Å². The minimum atomic E-state index is -0.104. The molecule has 0 saturated carbocycles. The van der Waals surface area contributed by atoms with Gasteiger partial charge in [0.15, 0.2) is 0 Å². The number of likely N-dealkylation sites (tertiary alicyclic amines) is 1. The van der Waals surface area contributed by atoms with Crippen molar-refractivity contribution >= 4 is 16.7 Å². The van der Waals surface area contributed by atoms with E-state index in [4.69, 9.17) is 4.74 Å². The molecule has 1 aliphatic rings. The maximum atomic E-state index is 12.6. The van der Waals surface area contributed by atoms with Gasteiger partial charge >= 0.3 is 0 Å². The van der Waals surface area contributed by atoms with E-state index >= 15 is 0 Å². The fourth-order valence-electron chi connectivity index (χ4n) is 2.89. The first kappa shape index (κ1) is 13.9. The summed E-state index contributed by atoms with van der Waals surface area (Å²) in [7, 11) is 1.71. The van der Waals surface area contributed by atoms with Gasteiger partial charge in [-0.15, -0.1) is 0 Å². The Morgan fingerprint density at radius 3 is 2.62 bits per heavy atom. The zero-order valence-corrected chi connectivity index (χ0v) is 12.1. The minimum Gasteiger partial charge on any atom is -0.506 e. The van der Waals surface area contributed by atoms with Crippen LogP contribution in [0.1, 0.15) is 23.2 Å². The molecule has 110 valence electrons. The lowest BCUT2D eigenvalue weighted by molar-refractivity contribution is 0.0349. The molecule has 0 bridgehead atoms. The van der Waals surface area contributed by atoms with Crippen LogP contribution in [0, 0.1) is 0 Å². The number of aromatic hydroxyl groups is 1. The van der Waals surface area contributed by atoms with Gasteiger partial charge in [0.25, 0.3) is 5.91 Å². The van der Waals surface area contributed by atoms with Gasteiger partial charge < -0.3 is 14.7 Å². The molecule has 0 unspecified atom stereocenters. The molecule has 2 aromatic carbocycles. The third kappa shape index (κ3) is 2.59. The van der Waals surface area contributed by atoms with E-state index in [-0.39, 0.29) is 17.8 Å². The molecule has 0 aromatic heterocycles. The smallest absolute Gasteiger partial charge is 0.257 e. The molecular formula is C17H19NO3. The number of carbonyl (C=O) groups is 1. The number of hydrogen-bond acceptors (Lipinski definition) is 3. The van der Waals surface area contributed by atoms with E-state index in [2.05, 4.69) is 0 Å². The summed E-state index contributed by atoms with van der Waals surface area (Å²) < 4.78 is 5.32. The average Bonchev–Trinajstić information content (AvgIpc) is 2.55.